The number of ether oxygens (including phenoxy) is 2. The Morgan fingerprint density at radius 2 is 1.44 bits per heavy atom. The van der Waals surface area contributed by atoms with Crippen molar-refractivity contribution >= 4 is 5.69 Å². The van der Waals surface area contributed by atoms with Crippen LogP contribution in [0.2, 0.25) is 0 Å². The highest BCUT2D eigenvalue weighted by Crippen LogP contribution is 2.25. The molecule has 3 nitrogen and oxygen atoms in total. The third kappa shape index (κ3) is 2.74. The molecule has 0 amide bonds. The highest BCUT2D eigenvalue weighted by atomic mass is 16.5. The van der Waals surface area contributed by atoms with Crippen molar-refractivity contribution in [2.45, 2.75) is 6.54 Å². The molecular formula is C15H17NO2. The molecule has 0 spiro atoms. The molecule has 0 saturated heterocycles. The van der Waals surface area contributed by atoms with Gasteiger partial charge in [0.05, 0.1) is 19.9 Å². The van der Waals surface area contributed by atoms with Crippen molar-refractivity contribution in [3.05, 3.63) is 54.1 Å². The molecule has 2 aromatic carbocycles. The Kier molecular flexibility index (Phi) is 4.07. The monoisotopic (exact) mass is 243 g/mol. The van der Waals surface area contributed by atoms with Crippen LogP contribution in [0.25, 0.3) is 0 Å². The van der Waals surface area contributed by atoms with Crippen molar-refractivity contribution in [1.82, 2.24) is 0 Å². The van der Waals surface area contributed by atoms with E-state index < -0.39 is 0 Å². The average molecular weight is 243 g/mol. The lowest BCUT2D eigenvalue weighted by Crippen LogP contribution is -2.02. The molecule has 0 aliphatic heterocycles. The molecule has 1 N–H and O–H groups in total. The number of anilines is 1. The predicted molar refractivity (Wildman–Crippen MR) is 73.3 cm³/mol. The summed E-state index contributed by atoms with van der Waals surface area (Å²) in [5.41, 5.74) is 2.09. The Morgan fingerprint density at radius 1 is 0.833 bits per heavy atom. The van der Waals surface area contributed by atoms with E-state index in [1.165, 1.54) is 0 Å². The molecule has 94 valence electrons. The topological polar surface area (TPSA) is 30.5 Å². The quantitative estimate of drug-likeness (QED) is 0.873. The number of rotatable bonds is 5. The van der Waals surface area contributed by atoms with Gasteiger partial charge in [0.25, 0.3) is 0 Å². The van der Waals surface area contributed by atoms with Crippen molar-refractivity contribution in [3.8, 4) is 11.5 Å². The minimum atomic E-state index is 0.699. The Labute approximate surface area is 107 Å². The van der Waals surface area contributed by atoms with Gasteiger partial charge in [0, 0.05) is 12.1 Å². The molecule has 0 aromatic heterocycles. The zero-order chi connectivity index (χ0) is 12.8. The fraction of sp³-hybridized carbons (Fsp3) is 0.200. The Hall–Kier alpha value is -2.16. The second-order valence-corrected chi connectivity index (χ2v) is 3.87. The zero-order valence-electron chi connectivity index (χ0n) is 10.6. The van der Waals surface area contributed by atoms with Crippen LogP contribution >= 0.6 is 0 Å². The second kappa shape index (κ2) is 5.96. The molecule has 2 aromatic rings. The lowest BCUT2D eigenvalue weighted by Gasteiger charge is -2.12. The van der Waals surface area contributed by atoms with Gasteiger partial charge in [-0.25, -0.2) is 0 Å². The molecule has 0 fully saturated rings. The van der Waals surface area contributed by atoms with Crippen molar-refractivity contribution in [2.24, 2.45) is 0 Å². The molecular weight excluding hydrogens is 226 g/mol. The summed E-state index contributed by atoms with van der Waals surface area (Å²) in [6.07, 6.45) is 0. The molecule has 0 atom stereocenters. The number of nitrogens with one attached hydrogen (secondary N) is 1. The van der Waals surface area contributed by atoms with E-state index in [0.717, 1.165) is 22.7 Å². The third-order valence-electron chi connectivity index (χ3n) is 2.77. The molecule has 0 aliphatic rings. The minimum absolute atomic E-state index is 0.699. The maximum absolute atomic E-state index is 5.32. The molecule has 0 unspecified atom stereocenters. The summed E-state index contributed by atoms with van der Waals surface area (Å²) in [6.45, 7) is 0.699. The van der Waals surface area contributed by atoms with Crippen LogP contribution < -0.4 is 14.8 Å². The van der Waals surface area contributed by atoms with E-state index >= 15 is 0 Å². The normalized spacial score (nSPS) is 9.89. The van der Waals surface area contributed by atoms with Crippen LogP contribution in [0.3, 0.4) is 0 Å². The first-order valence-corrected chi connectivity index (χ1v) is 5.84. The van der Waals surface area contributed by atoms with Crippen LogP contribution in [0.15, 0.2) is 48.5 Å². The van der Waals surface area contributed by atoms with Crippen LogP contribution in [-0.2, 0) is 6.54 Å². The first-order chi connectivity index (χ1) is 8.85. The molecule has 0 heterocycles. The average Bonchev–Trinajstić information content (AvgIpc) is 2.45. The van der Waals surface area contributed by atoms with E-state index in [-0.39, 0.29) is 0 Å². The van der Waals surface area contributed by atoms with Gasteiger partial charge < -0.3 is 14.8 Å². The van der Waals surface area contributed by atoms with Gasteiger partial charge in [-0.1, -0.05) is 30.3 Å². The van der Waals surface area contributed by atoms with Crippen LogP contribution in [0, 0.1) is 0 Å². The van der Waals surface area contributed by atoms with Gasteiger partial charge in [-0.15, -0.1) is 0 Å². The van der Waals surface area contributed by atoms with E-state index in [0.29, 0.717) is 6.54 Å². The maximum atomic E-state index is 5.32. The Bertz CT molecular complexity index is 464. The van der Waals surface area contributed by atoms with Crippen LogP contribution in [0.1, 0.15) is 5.56 Å². The van der Waals surface area contributed by atoms with E-state index in [1.54, 1.807) is 14.2 Å². The van der Waals surface area contributed by atoms with Gasteiger partial charge in [0.15, 0.2) is 0 Å². The fourth-order valence-electron chi connectivity index (χ4n) is 1.83. The summed E-state index contributed by atoms with van der Waals surface area (Å²) in [7, 11) is 3.35. The maximum Gasteiger partial charge on any atom is 0.141 e. The Morgan fingerprint density at radius 3 is 2.17 bits per heavy atom. The van der Waals surface area contributed by atoms with E-state index in [4.69, 9.17) is 9.47 Å². The number of benzene rings is 2. The summed E-state index contributed by atoms with van der Waals surface area (Å²) in [5.74, 6) is 1.73. The lowest BCUT2D eigenvalue weighted by molar-refractivity contribution is 0.409. The number of methoxy groups -OCH3 is 2. The van der Waals surface area contributed by atoms with Gasteiger partial charge in [-0.3, -0.25) is 0 Å². The molecule has 0 bridgehead atoms. The molecule has 3 heteroatoms. The predicted octanol–water partition coefficient (Wildman–Crippen LogP) is 3.32. The van der Waals surface area contributed by atoms with E-state index in [1.807, 2.05) is 48.5 Å². The summed E-state index contributed by atoms with van der Waals surface area (Å²) in [4.78, 5) is 0. The van der Waals surface area contributed by atoms with Crippen LogP contribution in [0.5, 0.6) is 11.5 Å². The van der Waals surface area contributed by atoms with Gasteiger partial charge >= 0.3 is 0 Å². The van der Waals surface area contributed by atoms with Crippen LogP contribution in [0.4, 0.5) is 5.69 Å². The number of hydrogen-bond acceptors (Lipinski definition) is 3. The van der Waals surface area contributed by atoms with E-state index in [9.17, 15) is 0 Å². The summed E-state index contributed by atoms with van der Waals surface area (Å²) >= 11 is 0. The first kappa shape index (κ1) is 12.3. The van der Waals surface area contributed by atoms with Crippen molar-refractivity contribution < 1.29 is 9.47 Å². The highest BCUT2D eigenvalue weighted by molar-refractivity contribution is 5.56. The fourth-order valence-corrected chi connectivity index (χ4v) is 1.83. The van der Waals surface area contributed by atoms with Crippen LogP contribution in [-0.4, -0.2) is 14.2 Å². The molecule has 0 saturated carbocycles. The van der Waals surface area contributed by atoms with Gasteiger partial charge in [0.1, 0.15) is 11.5 Å². The number of hydrogen-bond donors (Lipinski definition) is 1. The van der Waals surface area contributed by atoms with Gasteiger partial charge in [-0.2, -0.15) is 0 Å². The molecule has 18 heavy (non-hydrogen) atoms. The first-order valence-electron chi connectivity index (χ1n) is 5.84. The van der Waals surface area contributed by atoms with Gasteiger partial charge in [0.2, 0.25) is 0 Å². The Balaban J connectivity index is 2.11. The van der Waals surface area contributed by atoms with Gasteiger partial charge in [-0.05, 0) is 18.2 Å². The summed E-state index contributed by atoms with van der Waals surface area (Å²) in [5, 5.41) is 3.35. The summed E-state index contributed by atoms with van der Waals surface area (Å²) < 4.78 is 10.6. The second-order valence-electron chi connectivity index (χ2n) is 3.87. The number of para-hydroxylation sites is 3. The van der Waals surface area contributed by atoms with E-state index in [2.05, 4.69) is 5.32 Å². The largest absolute Gasteiger partial charge is 0.496 e. The standard InChI is InChI=1S/C15H17NO2/c1-17-14-9-5-3-7-12(14)11-16-13-8-4-6-10-15(13)18-2/h3-10,16H,11H2,1-2H3. The summed E-state index contributed by atoms with van der Waals surface area (Å²) in [6, 6.07) is 15.8. The minimum Gasteiger partial charge on any atom is -0.496 e. The third-order valence-corrected chi connectivity index (χ3v) is 2.77. The highest BCUT2D eigenvalue weighted by Gasteiger charge is 2.04. The molecule has 0 aliphatic carbocycles. The van der Waals surface area contributed by atoms with Crippen molar-refractivity contribution in [3.63, 3.8) is 0 Å². The van der Waals surface area contributed by atoms with Crippen molar-refractivity contribution in [1.29, 1.82) is 0 Å². The smallest absolute Gasteiger partial charge is 0.141 e. The lowest BCUT2D eigenvalue weighted by atomic mass is 10.2. The SMILES string of the molecule is COc1ccccc1CNc1ccccc1OC. The van der Waals surface area contributed by atoms with Crippen molar-refractivity contribution in [2.75, 3.05) is 19.5 Å². The molecule has 2 rings (SSSR count). The molecule has 0 radical (unpaired) electrons. The zero-order valence-corrected chi connectivity index (χ0v) is 10.6.